The van der Waals surface area contributed by atoms with E-state index in [2.05, 4.69) is 0 Å². The smallest absolute Gasteiger partial charge is 0.259 e. The minimum atomic E-state index is -1.44. The third-order valence-corrected chi connectivity index (χ3v) is 4.95. The van der Waals surface area contributed by atoms with Gasteiger partial charge in [0.05, 0.1) is 31.8 Å². The van der Waals surface area contributed by atoms with Crippen LogP contribution in [0.4, 0.5) is 5.69 Å². The van der Waals surface area contributed by atoms with Crippen LogP contribution < -0.4 is 10.6 Å². The van der Waals surface area contributed by atoms with E-state index in [1.54, 1.807) is 49.5 Å². The Morgan fingerprint density at radius 2 is 1.90 bits per heavy atom. The van der Waals surface area contributed by atoms with Crippen molar-refractivity contribution in [1.29, 1.82) is 5.41 Å². The largest absolute Gasteiger partial charge is 0.384 e. The average Bonchev–Trinajstić information content (AvgIpc) is 2.58. The second kappa shape index (κ2) is 4.82. The van der Waals surface area contributed by atoms with E-state index < -0.39 is 10.8 Å². The standard InChI is InChI=1S/C15H13N3O2S/c1-18-11-8-9(14(16)17)6-7-13(11)21(20)12-5-3-2-4-10(12)15(18)19/h2-8H,1H3,(H3,16,17). The highest BCUT2D eigenvalue weighted by molar-refractivity contribution is 7.85. The summed E-state index contributed by atoms with van der Waals surface area (Å²) >= 11 is 0. The molecular formula is C15H13N3O2S. The molecule has 1 atom stereocenters. The van der Waals surface area contributed by atoms with E-state index in [0.29, 0.717) is 26.6 Å². The zero-order valence-corrected chi connectivity index (χ0v) is 12.1. The Labute approximate surface area is 124 Å². The number of rotatable bonds is 1. The fraction of sp³-hybridized carbons (Fsp3) is 0.0667. The minimum absolute atomic E-state index is 0.0915. The number of hydrogen-bond acceptors (Lipinski definition) is 3. The molecule has 106 valence electrons. The number of nitrogens with zero attached hydrogens (tertiary/aromatic N) is 1. The van der Waals surface area contributed by atoms with Crippen LogP contribution in [0.15, 0.2) is 52.3 Å². The Bertz CT molecular complexity index is 801. The SMILES string of the molecule is CN1C(=O)c2ccccc2S(=O)c2ccc(C(=N)N)cc21. The summed E-state index contributed by atoms with van der Waals surface area (Å²) in [5.74, 6) is -0.315. The summed E-state index contributed by atoms with van der Waals surface area (Å²) in [6.07, 6.45) is 0. The van der Waals surface area contributed by atoms with Gasteiger partial charge in [0.1, 0.15) is 5.84 Å². The van der Waals surface area contributed by atoms with Crippen LogP contribution in [-0.4, -0.2) is 23.0 Å². The van der Waals surface area contributed by atoms with Gasteiger partial charge in [-0.15, -0.1) is 0 Å². The first-order valence-electron chi connectivity index (χ1n) is 6.28. The lowest BCUT2D eigenvalue weighted by Gasteiger charge is -2.17. The van der Waals surface area contributed by atoms with Crippen molar-refractivity contribution < 1.29 is 9.00 Å². The van der Waals surface area contributed by atoms with E-state index in [-0.39, 0.29) is 11.7 Å². The lowest BCUT2D eigenvalue weighted by atomic mass is 10.1. The molecule has 0 spiro atoms. The van der Waals surface area contributed by atoms with Gasteiger partial charge in [-0.2, -0.15) is 0 Å². The molecule has 2 aromatic rings. The topological polar surface area (TPSA) is 87.2 Å². The predicted molar refractivity (Wildman–Crippen MR) is 81.3 cm³/mol. The van der Waals surface area contributed by atoms with E-state index >= 15 is 0 Å². The number of amidine groups is 1. The molecular weight excluding hydrogens is 286 g/mol. The van der Waals surface area contributed by atoms with Crippen LogP contribution in [-0.2, 0) is 10.8 Å². The molecule has 21 heavy (non-hydrogen) atoms. The fourth-order valence-corrected chi connectivity index (χ4v) is 3.69. The molecule has 1 heterocycles. The summed E-state index contributed by atoms with van der Waals surface area (Å²) in [7, 11) is 0.185. The maximum absolute atomic E-state index is 12.7. The monoisotopic (exact) mass is 299 g/mol. The van der Waals surface area contributed by atoms with E-state index in [4.69, 9.17) is 11.1 Å². The molecule has 0 radical (unpaired) electrons. The van der Waals surface area contributed by atoms with Gasteiger partial charge in [-0.25, -0.2) is 4.21 Å². The van der Waals surface area contributed by atoms with Gasteiger partial charge < -0.3 is 10.6 Å². The van der Waals surface area contributed by atoms with Gasteiger partial charge in [0.15, 0.2) is 0 Å². The van der Waals surface area contributed by atoms with Gasteiger partial charge in [-0.3, -0.25) is 10.2 Å². The third-order valence-electron chi connectivity index (χ3n) is 3.45. The lowest BCUT2D eigenvalue weighted by molar-refractivity contribution is 0.0990. The molecule has 0 aromatic heterocycles. The van der Waals surface area contributed by atoms with Gasteiger partial charge in [0.25, 0.3) is 5.91 Å². The number of nitrogen functional groups attached to an aromatic ring is 1. The van der Waals surface area contributed by atoms with Crippen LogP contribution in [0.5, 0.6) is 0 Å². The number of hydrogen-bond donors (Lipinski definition) is 2. The van der Waals surface area contributed by atoms with Crippen LogP contribution in [0.25, 0.3) is 0 Å². The van der Waals surface area contributed by atoms with E-state index in [9.17, 15) is 9.00 Å². The zero-order valence-electron chi connectivity index (χ0n) is 11.3. The number of carbonyl (C=O) groups is 1. The summed E-state index contributed by atoms with van der Waals surface area (Å²) < 4.78 is 12.7. The first-order valence-corrected chi connectivity index (χ1v) is 7.43. The highest BCUT2D eigenvalue weighted by atomic mass is 32.2. The van der Waals surface area contributed by atoms with Gasteiger partial charge in [-0.1, -0.05) is 12.1 Å². The van der Waals surface area contributed by atoms with Crippen molar-refractivity contribution in [3.05, 3.63) is 53.6 Å². The molecule has 0 saturated carbocycles. The third kappa shape index (κ3) is 2.04. The van der Waals surface area contributed by atoms with Gasteiger partial charge in [0.2, 0.25) is 0 Å². The number of benzene rings is 2. The Balaban J connectivity index is 2.29. The first-order chi connectivity index (χ1) is 10.0. The number of nitrogens with one attached hydrogen (secondary N) is 1. The molecule has 1 aliphatic rings. The Morgan fingerprint density at radius 3 is 2.62 bits per heavy atom. The van der Waals surface area contributed by atoms with Gasteiger partial charge in [-0.05, 0) is 30.3 Å². The van der Waals surface area contributed by atoms with Crippen molar-refractivity contribution in [3.63, 3.8) is 0 Å². The highest BCUT2D eigenvalue weighted by Gasteiger charge is 2.28. The van der Waals surface area contributed by atoms with Gasteiger partial charge in [0, 0.05) is 12.6 Å². The van der Waals surface area contributed by atoms with Crippen molar-refractivity contribution >= 4 is 28.2 Å². The molecule has 0 saturated heterocycles. The van der Waals surface area contributed by atoms with E-state index in [0.717, 1.165) is 0 Å². The molecule has 0 bridgehead atoms. The average molecular weight is 299 g/mol. The quantitative estimate of drug-likeness (QED) is 0.621. The van der Waals surface area contributed by atoms with Crippen LogP contribution in [0.1, 0.15) is 15.9 Å². The van der Waals surface area contributed by atoms with Crippen LogP contribution in [0, 0.1) is 5.41 Å². The molecule has 3 rings (SSSR count). The summed E-state index contributed by atoms with van der Waals surface area (Å²) in [6, 6.07) is 11.8. The molecule has 1 unspecified atom stereocenters. The van der Waals surface area contributed by atoms with Gasteiger partial charge >= 0.3 is 0 Å². The van der Waals surface area contributed by atoms with Crippen molar-refractivity contribution in [1.82, 2.24) is 0 Å². The summed E-state index contributed by atoms with van der Waals surface area (Å²) in [4.78, 5) is 15.0. The van der Waals surface area contributed by atoms with Crippen LogP contribution >= 0.6 is 0 Å². The fourth-order valence-electron chi connectivity index (χ4n) is 2.32. The Hall–Kier alpha value is -2.47. The molecule has 1 aliphatic heterocycles. The van der Waals surface area contributed by atoms with Crippen molar-refractivity contribution in [2.75, 3.05) is 11.9 Å². The molecule has 6 heteroatoms. The maximum atomic E-state index is 12.7. The Kier molecular flexibility index (Phi) is 3.10. The molecule has 3 N–H and O–H groups in total. The molecule has 2 aromatic carbocycles. The van der Waals surface area contributed by atoms with Crippen LogP contribution in [0.2, 0.25) is 0 Å². The maximum Gasteiger partial charge on any atom is 0.259 e. The van der Waals surface area contributed by atoms with Crippen molar-refractivity contribution in [2.45, 2.75) is 9.79 Å². The first kappa shape index (κ1) is 13.5. The summed E-state index contributed by atoms with van der Waals surface area (Å²) in [6.45, 7) is 0. The normalized spacial score (nSPS) is 16.9. The predicted octanol–water partition coefficient (Wildman–Crippen LogP) is 1.73. The second-order valence-electron chi connectivity index (χ2n) is 4.73. The molecule has 5 nitrogen and oxygen atoms in total. The highest BCUT2D eigenvalue weighted by Crippen LogP contribution is 2.34. The number of fused-ring (bicyclic) bond motifs is 2. The number of nitrogens with two attached hydrogens (primary N) is 1. The lowest BCUT2D eigenvalue weighted by Crippen LogP contribution is -2.26. The van der Waals surface area contributed by atoms with Crippen molar-refractivity contribution in [3.8, 4) is 0 Å². The van der Waals surface area contributed by atoms with E-state index in [1.165, 1.54) is 4.90 Å². The van der Waals surface area contributed by atoms with Crippen molar-refractivity contribution in [2.24, 2.45) is 5.73 Å². The minimum Gasteiger partial charge on any atom is -0.384 e. The molecule has 0 aliphatic carbocycles. The Morgan fingerprint density at radius 1 is 1.19 bits per heavy atom. The summed E-state index contributed by atoms with van der Waals surface area (Å²) in [5, 5.41) is 7.50. The number of carbonyl (C=O) groups excluding carboxylic acids is 1. The molecule has 1 amide bonds. The zero-order chi connectivity index (χ0) is 15.1. The number of anilines is 1. The molecule has 0 fully saturated rings. The summed E-state index contributed by atoms with van der Waals surface area (Å²) in [5.41, 5.74) is 6.93. The van der Waals surface area contributed by atoms with E-state index in [1.807, 2.05) is 0 Å². The second-order valence-corrected chi connectivity index (χ2v) is 6.14. The van der Waals surface area contributed by atoms with Crippen LogP contribution in [0.3, 0.4) is 0 Å². The number of amides is 1.